The molecule has 15 nitrogen and oxygen atoms in total. The molecule has 15 heteroatoms. The number of carbonyl (C=O) groups excluding carboxylic acids is 3. The summed E-state index contributed by atoms with van der Waals surface area (Å²) >= 11 is 0. The first kappa shape index (κ1) is 47.8. The largest absolute Gasteiger partial charge is 0.507 e. The molecule has 3 aliphatic heterocycles. The number of hydrogen-bond acceptors (Lipinski definition) is 14. The summed E-state index contributed by atoms with van der Waals surface area (Å²) in [4.78, 5) is 41.0. The number of allylic oxidation sites excluding steroid dienone is 2. The van der Waals surface area contributed by atoms with Crippen LogP contribution in [0.2, 0.25) is 0 Å². The normalized spacial score (nSPS) is 26.5. The zero-order valence-corrected chi connectivity index (χ0v) is 37.8. The number of carbonyl (C=O) groups is 3. The van der Waals surface area contributed by atoms with Crippen LogP contribution in [0, 0.1) is 30.6 Å². The second-order valence-electron chi connectivity index (χ2n) is 16.8. The number of aromatic hydroxyl groups is 3. The molecule has 0 aliphatic carbocycles. The SMILES string of the molecule is COC1C=COC2(C)Oc3c(C)c(O)c4c(O)c(c(C=NN(c5ccccc5)c5ccccc5)c(O)c4c3C2=O)NC(=O)C(C)=CC=CC(C)C(O)C(C)C(O)C(C)C(OC(C)=O)C1C. The molecule has 3 heterocycles. The van der Waals surface area contributed by atoms with Gasteiger partial charge in [0.15, 0.2) is 5.75 Å². The van der Waals surface area contributed by atoms with Gasteiger partial charge < -0.3 is 49.8 Å². The van der Waals surface area contributed by atoms with Gasteiger partial charge in [0.2, 0.25) is 0 Å². The number of ether oxygens (including phenoxy) is 4. The number of hydrazone groups is 1. The summed E-state index contributed by atoms with van der Waals surface area (Å²) in [6.45, 7) is 12.5. The van der Waals surface area contributed by atoms with Crippen LogP contribution < -0.4 is 15.1 Å². The Balaban J connectivity index is 1.57. The molecule has 9 atom stereocenters. The molecular formula is C50H57N3O12. The van der Waals surface area contributed by atoms with Crippen molar-refractivity contribution in [1.82, 2.24) is 0 Å². The minimum atomic E-state index is -2.09. The lowest BCUT2D eigenvalue weighted by Gasteiger charge is -2.38. The summed E-state index contributed by atoms with van der Waals surface area (Å²) < 4.78 is 23.7. The van der Waals surface area contributed by atoms with Crippen molar-refractivity contribution in [3.8, 4) is 23.0 Å². The number of anilines is 3. The van der Waals surface area contributed by atoms with Gasteiger partial charge in [-0.2, -0.15) is 5.10 Å². The van der Waals surface area contributed by atoms with E-state index in [1.807, 2.05) is 60.7 Å². The lowest BCUT2D eigenvalue weighted by atomic mass is 9.78. The fourth-order valence-corrected chi connectivity index (χ4v) is 8.41. The number of aliphatic hydroxyl groups is 2. The van der Waals surface area contributed by atoms with Crippen molar-refractivity contribution < 1.29 is 58.9 Å². The Morgan fingerprint density at radius 1 is 0.846 bits per heavy atom. The molecule has 1 amide bonds. The van der Waals surface area contributed by atoms with Crippen LogP contribution in [0.5, 0.6) is 23.0 Å². The topological polar surface area (TPSA) is 217 Å². The summed E-state index contributed by atoms with van der Waals surface area (Å²) in [6.07, 6.45) is 4.68. The molecule has 65 heavy (non-hydrogen) atoms. The third-order valence-corrected chi connectivity index (χ3v) is 12.3. The molecule has 0 saturated carbocycles. The Hall–Kier alpha value is -6.68. The van der Waals surface area contributed by atoms with E-state index >= 15 is 0 Å². The van der Waals surface area contributed by atoms with Crippen molar-refractivity contribution in [3.05, 3.63) is 113 Å². The van der Waals surface area contributed by atoms with Gasteiger partial charge >= 0.3 is 11.8 Å². The molecule has 344 valence electrons. The molecule has 0 saturated heterocycles. The van der Waals surface area contributed by atoms with Crippen molar-refractivity contribution >= 4 is 51.7 Å². The number of amides is 1. The van der Waals surface area contributed by atoms with E-state index in [9.17, 15) is 39.9 Å². The predicted molar refractivity (Wildman–Crippen MR) is 246 cm³/mol. The van der Waals surface area contributed by atoms with E-state index in [0.717, 1.165) is 0 Å². The molecule has 9 unspecified atom stereocenters. The maximum atomic E-state index is 14.6. The van der Waals surface area contributed by atoms with E-state index in [4.69, 9.17) is 24.0 Å². The van der Waals surface area contributed by atoms with Gasteiger partial charge in [0.25, 0.3) is 11.7 Å². The quantitative estimate of drug-likeness (QED) is 0.0357. The second-order valence-corrected chi connectivity index (χ2v) is 16.8. The van der Waals surface area contributed by atoms with Gasteiger partial charge in [-0.25, -0.2) is 5.01 Å². The Morgan fingerprint density at radius 2 is 1.46 bits per heavy atom. The summed E-state index contributed by atoms with van der Waals surface area (Å²) in [5.41, 5.74) is 0.665. The van der Waals surface area contributed by atoms with Gasteiger partial charge in [-0.1, -0.05) is 82.3 Å². The minimum absolute atomic E-state index is 0.0299. The number of benzene rings is 4. The fraction of sp³-hybridized carbons (Fsp3) is 0.360. The highest BCUT2D eigenvalue weighted by Crippen LogP contribution is 2.55. The van der Waals surface area contributed by atoms with Gasteiger partial charge in [0.1, 0.15) is 23.4 Å². The first-order chi connectivity index (χ1) is 30.8. The number of phenolic OH excluding ortho intramolecular Hbond substituents is 3. The van der Waals surface area contributed by atoms with Gasteiger partial charge in [0.05, 0.1) is 64.4 Å². The number of fused-ring (bicyclic) bond motifs is 14. The third-order valence-electron chi connectivity index (χ3n) is 12.3. The molecule has 4 aromatic carbocycles. The van der Waals surface area contributed by atoms with Crippen molar-refractivity contribution in [2.24, 2.45) is 28.8 Å². The first-order valence-corrected chi connectivity index (χ1v) is 21.3. The number of para-hydroxylation sites is 2. The van der Waals surface area contributed by atoms with Crippen LogP contribution in [0.15, 0.2) is 102 Å². The molecule has 0 spiro atoms. The van der Waals surface area contributed by atoms with E-state index in [2.05, 4.69) is 5.32 Å². The molecule has 0 aromatic heterocycles. The van der Waals surface area contributed by atoms with Crippen LogP contribution in [0.1, 0.15) is 70.0 Å². The molecular weight excluding hydrogens is 835 g/mol. The Kier molecular flexibility index (Phi) is 14.4. The summed E-state index contributed by atoms with van der Waals surface area (Å²) in [5.74, 6) is -8.72. The number of nitrogens with one attached hydrogen (secondary N) is 1. The second kappa shape index (κ2) is 19.6. The summed E-state index contributed by atoms with van der Waals surface area (Å²) in [7, 11) is 1.43. The zero-order chi connectivity index (χ0) is 47.5. The van der Waals surface area contributed by atoms with Gasteiger partial charge in [-0.3, -0.25) is 14.4 Å². The number of Topliss-reactive ketones (excluding diaryl/α,β-unsaturated/α-hetero) is 1. The number of methoxy groups -OCH3 is 1. The average molecular weight is 892 g/mol. The molecule has 6 N–H and O–H groups in total. The van der Waals surface area contributed by atoms with Crippen molar-refractivity contribution in [1.29, 1.82) is 0 Å². The van der Waals surface area contributed by atoms with Crippen molar-refractivity contribution in [2.45, 2.75) is 85.6 Å². The Bertz CT molecular complexity index is 2520. The van der Waals surface area contributed by atoms with E-state index < -0.39 is 88.8 Å². The lowest BCUT2D eigenvalue weighted by Crippen LogP contribution is -2.46. The van der Waals surface area contributed by atoms with Gasteiger partial charge in [0, 0.05) is 61.2 Å². The van der Waals surface area contributed by atoms with Crippen LogP contribution in [-0.2, 0) is 23.8 Å². The molecule has 3 aliphatic rings. The average Bonchev–Trinajstić information content (AvgIpc) is 3.56. The molecule has 7 rings (SSSR count). The monoisotopic (exact) mass is 891 g/mol. The maximum absolute atomic E-state index is 14.6. The molecule has 4 aromatic rings. The fourth-order valence-electron chi connectivity index (χ4n) is 8.41. The zero-order valence-electron chi connectivity index (χ0n) is 37.8. The highest BCUT2D eigenvalue weighted by molar-refractivity contribution is 6.24. The summed E-state index contributed by atoms with van der Waals surface area (Å²) in [6, 6.07) is 18.2. The molecule has 0 fully saturated rings. The predicted octanol–water partition coefficient (Wildman–Crippen LogP) is 7.93. The maximum Gasteiger partial charge on any atom is 0.312 e. The number of esters is 1. The van der Waals surface area contributed by atoms with E-state index in [1.54, 1.807) is 44.9 Å². The van der Waals surface area contributed by atoms with Gasteiger partial charge in [-0.05, 0) is 44.2 Å². The third kappa shape index (κ3) is 9.44. The van der Waals surface area contributed by atoms with Crippen LogP contribution in [-0.4, -0.2) is 86.7 Å². The van der Waals surface area contributed by atoms with E-state index in [-0.39, 0.29) is 44.5 Å². The Labute approximate surface area is 377 Å². The van der Waals surface area contributed by atoms with Gasteiger partial charge in [-0.15, -0.1) is 0 Å². The van der Waals surface area contributed by atoms with Crippen LogP contribution in [0.4, 0.5) is 17.1 Å². The van der Waals surface area contributed by atoms with Crippen LogP contribution >= 0.6 is 0 Å². The Morgan fingerprint density at radius 3 is 2.05 bits per heavy atom. The number of aliphatic hydroxyl groups excluding tert-OH is 2. The number of ketones is 1. The smallest absolute Gasteiger partial charge is 0.312 e. The first-order valence-electron chi connectivity index (χ1n) is 21.3. The lowest BCUT2D eigenvalue weighted by molar-refractivity contribution is -0.160. The minimum Gasteiger partial charge on any atom is -0.507 e. The van der Waals surface area contributed by atoms with Crippen molar-refractivity contribution in [2.75, 3.05) is 17.4 Å². The van der Waals surface area contributed by atoms with E-state index in [0.29, 0.717) is 11.4 Å². The number of phenols is 3. The van der Waals surface area contributed by atoms with Crippen molar-refractivity contribution in [3.63, 3.8) is 0 Å². The summed E-state index contributed by atoms with van der Waals surface area (Å²) in [5, 5.41) is 67.6. The molecule has 0 radical (unpaired) electrons. The van der Waals surface area contributed by atoms with Crippen LogP contribution in [0.25, 0.3) is 10.8 Å². The van der Waals surface area contributed by atoms with E-state index in [1.165, 1.54) is 59.4 Å². The molecule has 5 bridgehead atoms. The highest BCUT2D eigenvalue weighted by Gasteiger charge is 2.50. The number of rotatable bonds is 6. The number of hydrogen-bond donors (Lipinski definition) is 6. The highest BCUT2D eigenvalue weighted by atomic mass is 16.7. The number of nitrogens with zero attached hydrogens (tertiary/aromatic N) is 2. The standard InChI is InChI=1S/C50H57N3O12/c1-26-17-16-18-27(2)49(61)52-40-35(25-51-53(33-19-12-10-13-20-33)34-21-14-11-15-22-34)44(58)37-38(45(40)59)43(57)31(6)47-39(37)48(60)50(8,65-47)63-24-23-36(62-9)28(3)46(64-32(7)54)30(5)42(56)29(4)41(26)55/h10-26,28-30,36,41-42,46,55-59H,1-9H3,(H,52,61). The van der Waals surface area contributed by atoms with Crippen LogP contribution in [0.3, 0.4) is 0 Å².